The van der Waals surface area contributed by atoms with E-state index in [1.54, 1.807) is 32.0 Å². The highest BCUT2D eigenvalue weighted by Gasteiger charge is 2.23. The zero-order chi connectivity index (χ0) is 13.8. The third-order valence-corrected chi connectivity index (χ3v) is 4.66. The molecule has 0 bridgehead atoms. The Labute approximate surface area is 116 Å². The molecular weight excluding hydrogens is 316 g/mol. The lowest BCUT2D eigenvalue weighted by Gasteiger charge is -2.15. The first-order chi connectivity index (χ1) is 8.42. The summed E-state index contributed by atoms with van der Waals surface area (Å²) >= 11 is 3.23. The van der Waals surface area contributed by atoms with Crippen LogP contribution in [0.25, 0.3) is 0 Å². The molecule has 0 spiro atoms. The summed E-state index contributed by atoms with van der Waals surface area (Å²) in [6.07, 6.45) is 0. The van der Waals surface area contributed by atoms with Crippen LogP contribution in [0.2, 0.25) is 0 Å². The van der Waals surface area contributed by atoms with Crippen LogP contribution in [0.4, 0.5) is 0 Å². The number of nitrogens with one attached hydrogen (secondary N) is 1. The molecule has 0 aliphatic carbocycles. The van der Waals surface area contributed by atoms with Crippen molar-refractivity contribution in [2.24, 2.45) is 0 Å². The predicted octanol–water partition coefficient (Wildman–Crippen LogP) is 2.38. The van der Waals surface area contributed by atoms with Crippen LogP contribution in [0.15, 0.2) is 29.2 Å². The first-order valence-electron chi connectivity index (χ1n) is 5.49. The monoisotopic (exact) mass is 330 g/mol. The Morgan fingerprint density at radius 1 is 1.39 bits per heavy atom. The van der Waals surface area contributed by atoms with Gasteiger partial charge in [0, 0.05) is 11.4 Å². The summed E-state index contributed by atoms with van der Waals surface area (Å²) in [6, 6.07) is 8.49. The lowest BCUT2D eigenvalue weighted by atomic mass is 10.0. The van der Waals surface area contributed by atoms with Crippen LogP contribution < -0.4 is 4.72 Å². The second-order valence-corrected chi connectivity index (χ2v) is 6.48. The number of hydrogen-bond donors (Lipinski definition) is 1. The van der Waals surface area contributed by atoms with Crippen LogP contribution in [0, 0.1) is 11.3 Å². The summed E-state index contributed by atoms with van der Waals surface area (Å²) in [5, 5.41) is 9.46. The zero-order valence-corrected chi connectivity index (χ0v) is 12.6. The van der Waals surface area contributed by atoms with Gasteiger partial charge in [0.05, 0.1) is 16.9 Å². The maximum atomic E-state index is 12.2. The van der Waals surface area contributed by atoms with Crippen molar-refractivity contribution in [1.82, 2.24) is 4.72 Å². The smallest absolute Gasteiger partial charge is 0.209 e. The SMILES string of the molecule is CC(C)NS(=O)(=O)c1ccccc1C(C#N)CBr. The van der Waals surface area contributed by atoms with E-state index in [2.05, 4.69) is 26.7 Å². The average molecular weight is 331 g/mol. The van der Waals surface area contributed by atoms with Gasteiger partial charge in [-0.2, -0.15) is 5.26 Å². The van der Waals surface area contributed by atoms with Crippen LogP contribution in [0.3, 0.4) is 0 Å². The highest BCUT2D eigenvalue weighted by Crippen LogP contribution is 2.25. The van der Waals surface area contributed by atoms with Crippen LogP contribution in [-0.2, 0) is 10.0 Å². The summed E-state index contributed by atoms with van der Waals surface area (Å²) in [5.41, 5.74) is 0.519. The van der Waals surface area contributed by atoms with Gasteiger partial charge < -0.3 is 0 Å². The molecule has 0 heterocycles. The van der Waals surface area contributed by atoms with Crippen LogP contribution in [-0.4, -0.2) is 19.8 Å². The lowest BCUT2D eigenvalue weighted by molar-refractivity contribution is 0.568. The molecule has 1 unspecified atom stereocenters. The maximum Gasteiger partial charge on any atom is 0.241 e. The van der Waals surface area contributed by atoms with Crippen molar-refractivity contribution in [2.75, 3.05) is 5.33 Å². The molecule has 0 saturated carbocycles. The number of hydrogen-bond acceptors (Lipinski definition) is 3. The van der Waals surface area contributed by atoms with E-state index in [-0.39, 0.29) is 10.9 Å². The molecule has 98 valence electrons. The van der Waals surface area contributed by atoms with Crippen molar-refractivity contribution in [1.29, 1.82) is 5.26 Å². The fraction of sp³-hybridized carbons (Fsp3) is 0.417. The van der Waals surface area contributed by atoms with Gasteiger partial charge in [-0.15, -0.1) is 0 Å². The Hall–Kier alpha value is -0.900. The van der Waals surface area contributed by atoms with Crippen LogP contribution in [0.5, 0.6) is 0 Å². The topological polar surface area (TPSA) is 70.0 Å². The molecule has 6 heteroatoms. The molecule has 1 atom stereocenters. The standard InChI is InChI=1S/C12H15BrN2O2S/c1-9(2)15-18(16,17)12-6-4-3-5-11(12)10(7-13)8-14/h3-6,9-10,15H,7H2,1-2H3. The van der Waals surface area contributed by atoms with Gasteiger partial charge in [-0.25, -0.2) is 13.1 Å². The number of rotatable bonds is 5. The first kappa shape index (κ1) is 15.2. The molecule has 1 aromatic rings. The largest absolute Gasteiger partial charge is 0.241 e. The van der Waals surface area contributed by atoms with Crippen molar-refractivity contribution in [3.63, 3.8) is 0 Å². The third kappa shape index (κ3) is 3.55. The van der Waals surface area contributed by atoms with Crippen molar-refractivity contribution in [3.8, 4) is 6.07 Å². The van der Waals surface area contributed by atoms with E-state index in [0.717, 1.165) is 0 Å². The van der Waals surface area contributed by atoms with E-state index in [0.29, 0.717) is 10.9 Å². The van der Waals surface area contributed by atoms with Crippen molar-refractivity contribution in [3.05, 3.63) is 29.8 Å². The van der Waals surface area contributed by atoms with Gasteiger partial charge in [0.2, 0.25) is 10.0 Å². The third-order valence-electron chi connectivity index (χ3n) is 2.28. The average Bonchev–Trinajstić information content (AvgIpc) is 2.29. The summed E-state index contributed by atoms with van der Waals surface area (Å²) in [7, 11) is -3.58. The van der Waals surface area contributed by atoms with E-state index in [1.807, 2.05) is 0 Å². The van der Waals surface area contributed by atoms with E-state index >= 15 is 0 Å². The molecule has 0 aromatic heterocycles. The highest BCUT2D eigenvalue weighted by molar-refractivity contribution is 9.09. The summed E-state index contributed by atoms with van der Waals surface area (Å²) in [6.45, 7) is 3.51. The quantitative estimate of drug-likeness (QED) is 0.842. The van der Waals surface area contributed by atoms with Crippen molar-refractivity contribution in [2.45, 2.75) is 30.7 Å². The molecule has 0 fully saturated rings. The molecular formula is C12H15BrN2O2S. The van der Waals surface area contributed by atoms with Crippen molar-refractivity contribution >= 4 is 26.0 Å². The molecule has 0 saturated heterocycles. The normalized spacial score (nSPS) is 13.3. The molecule has 1 N–H and O–H groups in total. The Balaban J connectivity index is 3.30. The second-order valence-electron chi connectivity index (χ2n) is 4.15. The van der Waals surface area contributed by atoms with Gasteiger partial charge >= 0.3 is 0 Å². The second kappa shape index (κ2) is 6.32. The van der Waals surface area contributed by atoms with E-state index in [9.17, 15) is 8.42 Å². The molecule has 0 radical (unpaired) electrons. The Morgan fingerprint density at radius 3 is 2.50 bits per heavy atom. The summed E-state index contributed by atoms with van der Waals surface area (Å²) < 4.78 is 26.9. The fourth-order valence-electron chi connectivity index (χ4n) is 1.57. The van der Waals surface area contributed by atoms with Gasteiger partial charge in [-0.1, -0.05) is 34.1 Å². The minimum absolute atomic E-state index is 0.171. The highest BCUT2D eigenvalue weighted by atomic mass is 79.9. The molecule has 0 aliphatic heterocycles. The number of alkyl halides is 1. The molecule has 1 rings (SSSR count). The minimum atomic E-state index is -3.58. The summed E-state index contributed by atoms with van der Waals surface area (Å²) in [5.74, 6) is -0.482. The lowest BCUT2D eigenvalue weighted by Crippen LogP contribution is -2.31. The minimum Gasteiger partial charge on any atom is -0.209 e. The number of sulfonamides is 1. The predicted molar refractivity (Wildman–Crippen MR) is 74.0 cm³/mol. The Morgan fingerprint density at radius 2 is 2.00 bits per heavy atom. The Bertz CT molecular complexity index is 549. The number of halogens is 1. The van der Waals surface area contributed by atoms with E-state index in [1.165, 1.54) is 6.07 Å². The van der Waals surface area contributed by atoms with Gasteiger partial charge in [0.1, 0.15) is 0 Å². The van der Waals surface area contributed by atoms with Crippen molar-refractivity contribution < 1.29 is 8.42 Å². The van der Waals surface area contributed by atoms with Crippen LogP contribution in [0.1, 0.15) is 25.3 Å². The number of benzene rings is 1. The van der Waals surface area contributed by atoms with Gasteiger partial charge in [-0.3, -0.25) is 0 Å². The molecule has 0 aliphatic rings. The first-order valence-corrected chi connectivity index (χ1v) is 8.09. The zero-order valence-electron chi connectivity index (χ0n) is 10.2. The van der Waals surface area contributed by atoms with Crippen LogP contribution >= 0.6 is 15.9 Å². The number of nitriles is 1. The van der Waals surface area contributed by atoms with Gasteiger partial charge in [0.15, 0.2) is 0 Å². The molecule has 1 aromatic carbocycles. The molecule has 0 amide bonds. The molecule has 4 nitrogen and oxygen atoms in total. The van der Waals surface area contributed by atoms with E-state index < -0.39 is 15.9 Å². The fourth-order valence-corrected chi connectivity index (χ4v) is 3.59. The van der Waals surface area contributed by atoms with Gasteiger partial charge in [-0.05, 0) is 25.5 Å². The number of nitrogens with zero attached hydrogens (tertiary/aromatic N) is 1. The Kier molecular flexibility index (Phi) is 5.32. The summed E-state index contributed by atoms with van der Waals surface area (Å²) in [4.78, 5) is 0.171. The maximum absolute atomic E-state index is 12.2. The van der Waals surface area contributed by atoms with E-state index in [4.69, 9.17) is 5.26 Å². The molecule has 18 heavy (non-hydrogen) atoms. The van der Waals surface area contributed by atoms with Gasteiger partial charge in [0.25, 0.3) is 0 Å².